The summed E-state index contributed by atoms with van der Waals surface area (Å²) in [4.78, 5) is 18.3. The molecule has 8 heteroatoms. The lowest BCUT2D eigenvalue weighted by molar-refractivity contribution is -0.121. The number of aliphatic imine (C=N–C) groups is 1. The molecule has 2 aromatic rings. The van der Waals surface area contributed by atoms with Crippen LogP contribution in [0.2, 0.25) is 0 Å². The molecule has 2 aliphatic rings. The maximum atomic E-state index is 12.2. The molecule has 1 atom stereocenters. The van der Waals surface area contributed by atoms with E-state index in [1.165, 1.54) is 5.56 Å². The van der Waals surface area contributed by atoms with Crippen molar-refractivity contribution < 1.29 is 14.3 Å². The SMILES string of the molecule is CN=C(NCCCN1C(=O)COc2ccccc21)NCC1Cc2ccccc2O1.I. The van der Waals surface area contributed by atoms with Gasteiger partial charge in [0.1, 0.15) is 17.6 Å². The first-order valence-corrected chi connectivity index (χ1v) is 9.96. The third-order valence-corrected chi connectivity index (χ3v) is 5.09. The van der Waals surface area contributed by atoms with Crippen molar-refractivity contribution in [1.82, 2.24) is 10.6 Å². The van der Waals surface area contributed by atoms with Crippen molar-refractivity contribution in [2.45, 2.75) is 18.9 Å². The molecule has 2 N–H and O–H groups in total. The van der Waals surface area contributed by atoms with Gasteiger partial charge in [0.2, 0.25) is 0 Å². The summed E-state index contributed by atoms with van der Waals surface area (Å²) in [5.41, 5.74) is 2.09. The Morgan fingerprint density at radius 3 is 2.70 bits per heavy atom. The highest BCUT2D eigenvalue weighted by Gasteiger charge is 2.25. The summed E-state index contributed by atoms with van der Waals surface area (Å²) in [7, 11) is 1.75. The number of hydrogen-bond acceptors (Lipinski definition) is 4. The monoisotopic (exact) mass is 522 g/mol. The fourth-order valence-electron chi connectivity index (χ4n) is 3.64. The van der Waals surface area contributed by atoms with Crippen LogP contribution in [0.4, 0.5) is 5.69 Å². The molecule has 0 aromatic heterocycles. The molecule has 0 saturated heterocycles. The molecule has 0 aliphatic carbocycles. The van der Waals surface area contributed by atoms with E-state index in [1.54, 1.807) is 11.9 Å². The van der Waals surface area contributed by atoms with Crippen LogP contribution in [0.1, 0.15) is 12.0 Å². The molecule has 0 saturated carbocycles. The summed E-state index contributed by atoms with van der Waals surface area (Å²) >= 11 is 0. The van der Waals surface area contributed by atoms with E-state index in [2.05, 4.69) is 21.7 Å². The number of fused-ring (bicyclic) bond motifs is 2. The van der Waals surface area contributed by atoms with Crippen molar-refractivity contribution in [3.8, 4) is 11.5 Å². The van der Waals surface area contributed by atoms with Gasteiger partial charge >= 0.3 is 0 Å². The first-order valence-electron chi connectivity index (χ1n) is 9.96. The second-order valence-electron chi connectivity index (χ2n) is 7.09. The first-order chi connectivity index (χ1) is 14.2. The van der Waals surface area contributed by atoms with Crippen molar-refractivity contribution in [3.05, 3.63) is 54.1 Å². The number of rotatable bonds is 6. The maximum Gasteiger partial charge on any atom is 0.265 e. The van der Waals surface area contributed by atoms with E-state index in [0.717, 1.165) is 36.0 Å². The van der Waals surface area contributed by atoms with E-state index < -0.39 is 0 Å². The van der Waals surface area contributed by atoms with E-state index in [9.17, 15) is 4.79 Å². The lowest BCUT2D eigenvalue weighted by Gasteiger charge is -2.29. The summed E-state index contributed by atoms with van der Waals surface area (Å²) in [6, 6.07) is 15.8. The molecule has 2 heterocycles. The third-order valence-electron chi connectivity index (χ3n) is 5.09. The van der Waals surface area contributed by atoms with Gasteiger partial charge < -0.3 is 25.0 Å². The van der Waals surface area contributed by atoms with Gasteiger partial charge in [0, 0.05) is 26.6 Å². The van der Waals surface area contributed by atoms with Gasteiger partial charge in [-0.25, -0.2) is 0 Å². The Bertz CT molecular complexity index is 880. The van der Waals surface area contributed by atoms with Gasteiger partial charge in [0.05, 0.1) is 12.2 Å². The van der Waals surface area contributed by atoms with E-state index in [4.69, 9.17) is 9.47 Å². The zero-order chi connectivity index (χ0) is 20.1. The average Bonchev–Trinajstić information content (AvgIpc) is 3.17. The van der Waals surface area contributed by atoms with Gasteiger partial charge in [-0.15, -0.1) is 24.0 Å². The highest BCUT2D eigenvalue weighted by atomic mass is 127. The fourth-order valence-corrected chi connectivity index (χ4v) is 3.64. The number of carbonyl (C=O) groups excluding carboxylic acids is 1. The molecular formula is C22H27IN4O3. The average molecular weight is 522 g/mol. The van der Waals surface area contributed by atoms with Gasteiger partial charge in [0.25, 0.3) is 5.91 Å². The van der Waals surface area contributed by atoms with Gasteiger partial charge in [-0.05, 0) is 30.2 Å². The number of anilines is 1. The fraction of sp³-hybridized carbons (Fsp3) is 0.364. The summed E-state index contributed by atoms with van der Waals surface area (Å²) in [5.74, 6) is 2.45. The molecule has 0 fully saturated rings. The van der Waals surface area contributed by atoms with Crippen molar-refractivity contribution in [1.29, 1.82) is 0 Å². The largest absolute Gasteiger partial charge is 0.488 e. The van der Waals surface area contributed by atoms with E-state index in [0.29, 0.717) is 19.6 Å². The number of hydrogen-bond donors (Lipinski definition) is 2. The lowest BCUT2D eigenvalue weighted by atomic mass is 10.1. The lowest BCUT2D eigenvalue weighted by Crippen LogP contribution is -2.44. The topological polar surface area (TPSA) is 75.2 Å². The molecule has 0 bridgehead atoms. The number of halogens is 1. The number of ether oxygens (including phenoxy) is 2. The predicted octanol–water partition coefficient (Wildman–Crippen LogP) is 2.59. The summed E-state index contributed by atoms with van der Waals surface area (Å²) in [6.45, 7) is 2.11. The molecule has 2 aromatic carbocycles. The number of guanidine groups is 1. The van der Waals surface area contributed by atoms with Crippen LogP contribution in [0.25, 0.3) is 0 Å². The highest BCUT2D eigenvalue weighted by Crippen LogP contribution is 2.31. The maximum absolute atomic E-state index is 12.2. The molecule has 1 unspecified atom stereocenters. The molecular weight excluding hydrogens is 495 g/mol. The summed E-state index contributed by atoms with van der Waals surface area (Å²) < 4.78 is 11.4. The zero-order valence-corrected chi connectivity index (χ0v) is 19.3. The minimum absolute atomic E-state index is 0. The number of amides is 1. The quantitative estimate of drug-likeness (QED) is 0.264. The highest BCUT2D eigenvalue weighted by molar-refractivity contribution is 14.0. The predicted molar refractivity (Wildman–Crippen MR) is 128 cm³/mol. The van der Waals surface area contributed by atoms with Crippen molar-refractivity contribution >= 4 is 41.5 Å². The molecule has 0 spiro atoms. The minimum atomic E-state index is -0.0100. The molecule has 30 heavy (non-hydrogen) atoms. The minimum Gasteiger partial charge on any atom is -0.488 e. The second kappa shape index (κ2) is 10.5. The summed E-state index contributed by atoms with van der Waals surface area (Å²) in [5, 5.41) is 6.63. The zero-order valence-electron chi connectivity index (χ0n) is 17.0. The van der Waals surface area contributed by atoms with Crippen LogP contribution in [-0.4, -0.2) is 51.3 Å². The standard InChI is InChI=1S/C22H26N4O3.HI/c1-23-22(25-14-17-13-16-7-2-4-9-19(16)29-17)24-11-6-12-26-18-8-3-5-10-20(18)28-15-21(26)27;/h2-5,7-10,17H,6,11-15H2,1H3,(H2,23,24,25);1H. The Morgan fingerprint density at radius 1 is 1.13 bits per heavy atom. The molecule has 4 rings (SSSR count). The van der Waals surface area contributed by atoms with E-state index >= 15 is 0 Å². The van der Waals surface area contributed by atoms with Gasteiger partial charge in [-0.1, -0.05) is 30.3 Å². The van der Waals surface area contributed by atoms with E-state index in [-0.39, 0.29) is 42.6 Å². The van der Waals surface area contributed by atoms with Crippen molar-refractivity contribution in [2.75, 3.05) is 38.2 Å². The molecule has 1 amide bonds. The first kappa shape index (κ1) is 22.2. The van der Waals surface area contributed by atoms with Crippen LogP contribution >= 0.6 is 24.0 Å². The van der Waals surface area contributed by atoms with Gasteiger partial charge in [-0.3, -0.25) is 9.79 Å². The van der Waals surface area contributed by atoms with Crippen LogP contribution < -0.4 is 25.0 Å². The molecule has 2 aliphatic heterocycles. The Balaban J connectivity index is 0.00000256. The van der Waals surface area contributed by atoms with Crippen molar-refractivity contribution in [3.63, 3.8) is 0 Å². The molecule has 160 valence electrons. The number of nitrogens with zero attached hydrogens (tertiary/aromatic N) is 2. The van der Waals surface area contributed by atoms with Crippen LogP contribution in [0.3, 0.4) is 0 Å². The normalized spacial score (nSPS) is 17.2. The van der Waals surface area contributed by atoms with Gasteiger partial charge in [0.15, 0.2) is 12.6 Å². The number of benzene rings is 2. The Kier molecular flexibility index (Phi) is 7.78. The van der Waals surface area contributed by atoms with Crippen molar-refractivity contribution in [2.24, 2.45) is 4.99 Å². The smallest absolute Gasteiger partial charge is 0.265 e. The molecule has 0 radical (unpaired) electrons. The number of carbonyl (C=O) groups is 1. The van der Waals surface area contributed by atoms with Crippen LogP contribution in [0.15, 0.2) is 53.5 Å². The Hall–Kier alpha value is -2.49. The number of nitrogens with one attached hydrogen (secondary N) is 2. The van der Waals surface area contributed by atoms with Gasteiger partial charge in [-0.2, -0.15) is 0 Å². The Morgan fingerprint density at radius 2 is 1.90 bits per heavy atom. The third kappa shape index (κ3) is 5.16. The second-order valence-corrected chi connectivity index (χ2v) is 7.09. The molecule has 7 nitrogen and oxygen atoms in total. The number of para-hydroxylation sites is 3. The van der Waals surface area contributed by atoms with Crippen LogP contribution in [-0.2, 0) is 11.2 Å². The Labute approximate surface area is 193 Å². The van der Waals surface area contributed by atoms with Crippen LogP contribution in [0, 0.1) is 0 Å². The van der Waals surface area contributed by atoms with E-state index in [1.807, 2.05) is 42.5 Å². The summed E-state index contributed by atoms with van der Waals surface area (Å²) in [6.07, 6.45) is 1.80. The van der Waals surface area contributed by atoms with Crippen LogP contribution in [0.5, 0.6) is 11.5 Å².